The van der Waals surface area contributed by atoms with Gasteiger partial charge in [-0.05, 0) is 18.6 Å². The fraction of sp³-hybridized carbons (Fsp3) is 0.636. The van der Waals surface area contributed by atoms with Crippen molar-refractivity contribution >= 4 is 17.6 Å². The predicted octanol–water partition coefficient (Wildman–Crippen LogP) is 2.30. The average Bonchev–Trinajstić information content (AvgIpc) is 2.36. The van der Waals surface area contributed by atoms with Gasteiger partial charge in [-0.25, -0.2) is 10.8 Å². The zero-order valence-corrected chi connectivity index (χ0v) is 11.4. The van der Waals surface area contributed by atoms with Crippen molar-refractivity contribution in [2.75, 3.05) is 18.3 Å². The van der Waals surface area contributed by atoms with Gasteiger partial charge < -0.3 is 10.2 Å². The monoisotopic (exact) mass is 256 g/mol. The number of thioether (sulfide) groups is 1. The number of nitrogens with zero attached hydrogens (tertiary/aromatic N) is 2. The van der Waals surface area contributed by atoms with Gasteiger partial charge in [0.05, 0.1) is 6.61 Å². The quantitative estimate of drug-likeness (QED) is 0.337. The fourth-order valence-electron chi connectivity index (χ4n) is 1.45. The maximum atomic E-state index is 5.65. The molecule has 1 aromatic rings. The van der Waals surface area contributed by atoms with Gasteiger partial charge in [0.25, 0.3) is 0 Å². The van der Waals surface area contributed by atoms with Crippen molar-refractivity contribution in [3.8, 4) is 5.88 Å². The van der Waals surface area contributed by atoms with E-state index in [1.165, 1.54) is 18.2 Å². The normalized spacial score (nSPS) is 12.2. The Kier molecular flexibility index (Phi) is 6.07. The van der Waals surface area contributed by atoms with Crippen LogP contribution in [0.15, 0.2) is 11.2 Å². The van der Waals surface area contributed by atoms with E-state index >= 15 is 0 Å². The Balaban J connectivity index is 2.63. The highest BCUT2D eigenvalue weighted by Gasteiger charge is 2.06. The molecule has 0 fully saturated rings. The van der Waals surface area contributed by atoms with Crippen molar-refractivity contribution in [2.24, 2.45) is 11.8 Å². The van der Waals surface area contributed by atoms with E-state index in [9.17, 15) is 0 Å². The second-order valence-corrected chi connectivity index (χ2v) is 4.70. The first-order valence-corrected chi connectivity index (χ1v) is 6.94. The zero-order valence-electron chi connectivity index (χ0n) is 10.6. The van der Waals surface area contributed by atoms with Crippen molar-refractivity contribution in [1.29, 1.82) is 0 Å². The number of hydrogen-bond acceptors (Lipinski definition) is 6. The zero-order chi connectivity index (χ0) is 12.7. The highest BCUT2D eigenvalue weighted by Crippen LogP contribution is 2.19. The van der Waals surface area contributed by atoms with Gasteiger partial charge in [-0.15, -0.1) is 0 Å². The van der Waals surface area contributed by atoms with Crippen LogP contribution in [-0.2, 0) is 0 Å². The van der Waals surface area contributed by atoms with Crippen molar-refractivity contribution in [1.82, 2.24) is 9.97 Å². The van der Waals surface area contributed by atoms with Crippen molar-refractivity contribution in [2.45, 2.75) is 31.8 Å². The van der Waals surface area contributed by atoms with Gasteiger partial charge in [-0.1, -0.05) is 32.0 Å². The van der Waals surface area contributed by atoms with Crippen LogP contribution in [0.3, 0.4) is 0 Å². The number of rotatable bonds is 7. The Labute approximate surface area is 107 Å². The Bertz CT molecular complexity index is 326. The van der Waals surface area contributed by atoms with Crippen LogP contribution in [0.5, 0.6) is 5.88 Å². The van der Waals surface area contributed by atoms with E-state index in [2.05, 4.69) is 29.2 Å². The minimum atomic E-state index is 0.530. The summed E-state index contributed by atoms with van der Waals surface area (Å²) in [5.74, 6) is 7.01. The average molecular weight is 256 g/mol. The molecule has 0 amide bonds. The van der Waals surface area contributed by atoms with Gasteiger partial charge in [0.15, 0.2) is 5.16 Å². The van der Waals surface area contributed by atoms with E-state index in [0.717, 1.165) is 6.42 Å². The second-order valence-electron chi connectivity index (χ2n) is 3.93. The summed E-state index contributed by atoms with van der Waals surface area (Å²) in [6.07, 6.45) is 4.24. The summed E-state index contributed by atoms with van der Waals surface area (Å²) < 4.78 is 5.65. The minimum Gasteiger partial charge on any atom is -0.477 e. The van der Waals surface area contributed by atoms with Crippen LogP contribution in [-0.4, -0.2) is 22.8 Å². The molecule has 0 saturated carbocycles. The Morgan fingerprint density at radius 3 is 2.88 bits per heavy atom. The van der Waals surface area contributed by atoms with Gasteiger partial charge in [-0.3, -0.25) is 0 Å². The third kappa shape index (κ3) is 4.79. The molecule has 96 valence electrons. The molecule has 1 aromatic heterocycles. The Hall–Kier alpha value is -1.01. The molecule has 5 nitrogen and oxygen atoms in total. The molecular weight excluding hydrogens is 236 g/mol. The third-order valence-electron chi connectivity index (χ3n) is 2.31. The van der Waals surface area contributed by atoms with E-state index in [4.69, 9.17) is 10.6 Å². The number of nitrogen functional groups attached to an aromatic ring is 1. The van der Waals surface area contributed by atoms with E-state index < -0.39 is 0 Å². The molecule has 17 heavy (non-hydrogen) atoms. The number of ether oxygens (including phenoxy) is 1. The first-order valence-electron chi connectivity index (χ1n) is 5.72. The maximum absolute atomic E-state index is 5.65. The molecular formula is C11H20N4OS. The molecule has 1 rings (SSSR count). The second kappa shape index (κ2) is 7.34. The number of hydrogen-bond donors (Lipinski definition) is 2. The summed E-state index contributed by atoms with van der Waals surface area (Å²) in [5, 5.41) is 0.651. The van der Waals surface area contributed by atoms with Crippen molar-refractivity contribution in [3.63, 3.8) is 0 Å². The van der Waals surface area contributed by atoms with Crippen LogP contribution in [0.1, 0.15) is 26.7 Å². The van der Waals surface area contributed by atoms with Crippen LogP contribution >= 0.6 is 11.8 Å². The molecule has 6 heteroatoms. The lowest BCUT2D eigenvalue weighted by Crippen LogP contribution is -2.12. The number of hydrazine groups is 1. The molecule has 1 heterocycles. The Morgan fingerprint density at radius 2 is 2.29 bits per heavy atom. The number of anilines is 1. The third-order valence-corrected chi connectivity index (χ3v) is 2.86. The summed E-state index contributed by atoms with van der Waals surface area (Å²) in [4.78, 5) is 8.44. The summed E-state index contributed by atoms with van der Waals surface area (Å²) in [6, 6.07) is 1.71. The van der Waals surface area contributed by atoms with Crippen LogP contribution in [0.25, 0.3) is 0 Å². The van der Waals surface area contributed by atoms with Gasteiger partial charge in [-0.2, -0.15) is 4.98 Å². The summed E-state index contributed by atoms with van der Waals surface area (Å²) >= 11 is 1.46. The van der Waals surface area contributed by atoms with E-state index in [1.54, 1.807) is 6.07 Å². The van der Waals surface area contributed by atoms with Crippen LogP contribution in [0.2, 0.25) is 0 Å². The highest BCUT2D eigenvalue weighted by atomic mass is 32.2. The van der Waals surface area contributed by atoms with Gasteiger partial charge in [0, 0.05) is 6.07 Å². The first kappa shape index (κ1) is 14.1. The smallest absolute Gasteiger partial charge is 0.219 e. The predicted molar refractivity (Wildman–Crippen MR) is 71.2 cm³/mol. The van der Waals surface area contributed by atoms with Crippen LogP contribution in [0, 0.1) is 5.92 Å². The molecule has 0 aliphatic heterocycles. The molecule has 0 bridgehead atoms. The van der Waals surface area contributed by atoms with Crippen LogP contribution in [0.4, 0.5) is 5.82 Å². The van der Waals surface area contributed by atoms with Gasteiger partial charge >= 0.3 is 0 Å². The summed E-state index contributed by atoms with van der Waals surface area (Å²) in [6.45, 7) is 5.01. The number of aromatic nitrogens is 2. The van der Waals surface area contributed by atoms with Crippen molar-refractivity contribution < 1.29 is 4.74 Å². The molecule has 1 atom stereocenters. The van der Waals surface area contributed by atoms with Gasteiger partial charge in [0.2, 0.25) is 5.88 Å². The standard InChI is InChI=1S/C11H20N4OS/c1-4-5-8(2)7-16-10-6-9(15-12)13-11(14-10)17-3/h6,8H,4-5,7,12H2,1-3H3,(H,13,14,15). The summed E-state index contributed by atoms with van der Waals surface area (Å²) in [7, 11) is 0. The molecule has 0 spiro atoms. The lowest BCUT2D eigenvalue weighted by atomic mass is 10.1. The SMILES string of the molecule is CCCC(C)COc1cc(NN)nc(SC)n1. The van der Waals surface area contributed by atoms with Crippen LogP contribution < -0.4 is 16.0 Å². The van der Waals surface area contributed by atoms with Crippen molar-refractivity contribution in [3.05, 3.63) is 6.07 Å². The minimum absolute atomic E-state index is 0.530. The van der Waals surface area contributed by atoms with E-state index in [1.807, 2.05) is 6.26 Å². The molecule has 3 N–H and O–H groups in total. The first-order chi connectivity index (χ1) is 8.19. The molecule has 1 unspecified atom stereocenters. The van der Waals surface area contributed by atoms with Gasteiger partial charge in [0.1, 0.15) is 5.82 Å². The number of nitrogens with two attached hydrogens (primary N) is 1. The largest absolute Gasteiger partial charge is 0.477 e. The highest BCUT2D eigenvalue weighted by molar-refractivity contribution is 7.98. The fourth-order valence-corrected chi connectivity index (χ4v) is 1.82. The lowest BCUT2D eigenvalue weighted by molar-refractivity contribution is 0.241. The summed E-state index contributed by atoms with van der Waals surface area (Å²) in [5.41, 5.74) is 2.51. The molecule has 0 aliphatic carbocycles. The van der Waals surface area contributed by atoms with E-state index in [-0.39, 0.29) is 0 Å². The maximum Gasteiger partial charge on any atom is 0.219 e. The Morgan fingerprint density at radius 1 is 1.53 bits per heavy atom. The topological polar surface area (TPSA) is 73.1 Å². The van der Waals surface area contributed by atoms with E-state index in [0.29, 0.717) is 29.4 Å². The lowest BCUT2D eigenvalue weighted by Gasteiger charge is -2.12. The molecule has 0 saturated heterocycles. The molecule has 0 radical (unpaired) electrons. The number of nitrogens with one attached hydrogen (secondary N) is 1. The molecule has 0 aliphatic rings. The molecule has 0 aromatic carbocycles.